The minimum atomic E-state index is -1.21. The zero-order chi connectivity index (χ0) is 46.5. The quantitative estimate of drug-likeness (QED) is 0.101. The van der Waals surface area contributed by atoms with E-state index in [9.17, 15) is 27.6 Å². The van der Waals surface area contributed by atoms with Gasteiger partial charge in [0.25, 0.3) is 11.8 Å². The Labute approximate surface area is 386 Å². The minimum absolute atomic E-state index is 0.236. The van der Waals surface area contributed by atoms with Gasteiger partial charge in [0.2, 0.25) is 0 Å². The van der Waals surface area contributed by atoms with Gasteiger partial charge in [-0.15, -0.1) is 0 Å². The summed E-state index contributed by atoms with van der Waals surface area (Å²) >= 11 is 0. The molecule has 0 spiro atoms. The van der Waals surface area contributed by atoms with E-state index < -0.39 is 58.0 Å². The molecule has 8 atom stereocenters. The third-order valence-electron chi connectivity index (χ3n) is 12.2. The highest BCUT2D eigenvalue weighted by Crippen LogP contribution is 2.38. The number of nitrogens with zero attached hydrogens (tertiary/aromatic N) is 4. The van der Waals surface area contributed by atoms with Gasteiger partial charge < -0.3 is 39.9 Å². The van der Waals surface area contributed by atoms with Crippen LogP contribution in [0, 0.1) is 0 Å². The Hall–Kier alpha value is -6.92. The summed E-state index contributed by atoms with van der Waals surface area (Å²) in [6, 6.07) is 30.8. The van der Waals surface area contributed by atoms with Crippen LogP contribution in [0.15, 0.2) is 122 Å². The van der Waals surface area contributed by atoms with E-state index in [4.69, 9.17) is 19.4 Å². The van der Waals surface area contributed by atoms with Gasteiger partial charge in [-0.05, 0) is 46.2 Å². The first kappa shape index (κ1) is 45.6. The summed E-state index contributed by atoms with van der Waals surface area (Å²) in [6.45, 7) is 0.472. The number of benzene rings is 4. The Bertz CT molecular complexity index is 2540. The van der Waals surface area contributed by atoms with Crippen LogP contribution in [0.25, 0.3) is 33.6 Å². The second kappa shape index (κ2) is 20.1. The highest BCUT2D eigenvalue weighted by Gasteiger charge is 2.44. The van der Waals surface area contributed by atoms with E-state index in [1.165, 1.54) is 14.2 Å². The van der Waals surface area contributed by atoms with E-state index in [0.717, 1.165) is 33.6 Å². The fraction of sp³-hybridized carbons (Fsp3) is 0.292. The lowest BCUT2D eigenvalue weighted by molar-refractivity contribution is -0.135. The van der Waals surface area contributed by atoms with Crippen molar-refractivity contribution in [1.29, 1.82) is 0 Å². The number of H-pyrrole nitrogens is 2. The average Bonchev–Trinajstić information content (AvgIpc) is 4.19. The fourth-order valence-electron chi connectivity index (χ4n) is 8.62. The highest BCUT2D eigenvalue weighted by atomic mass is 32.2. The lowest BCUT2D eigenvalue weighted by atomic mass is 10.0. The summed E-state index contributed by atoms with van der Waals surface area (Å²) in [6.07, 6.45) is 6.09. The van der Waals surface area contributed by atoms with Crippen molar-refractivity contribution in [1.82, 2.24) is 40.4 Å². The number of carbonyl (C=O) groups is 4. The number of alkyl carbamates (subject to hydrolysis) is 2. The molecular formula is C48H50N8O8S2. The van der Waals surface area contributed by atoms with Crippen LogP contribution in [0.5, 0.6) is 0 Å². The number of hydrogen-bond donors (Lipinski definition) is 4. The van der Waals surface area contributed by atoms with Gasteiger partial charge in [0.05, 0.1) is 60.6 Å². The molecule has 18 heteroatoms. The number of amides is 4. The molecular weight excluding hydrogens is 881 g/mol. The number of hydrogen-bond acceptors (Lipinski definition) is 10. The summed E-state index contributed by atoms with van der Waals surface area (Å²) in [7, 11) is 0.0665. The number of rotatable bonds is 13. The Balaban J connectivity index is 0.971. The molecule has 4 amide bonds. The second-order valence-electron chi connectivity index (χ2n) is 16.2. The van der Waals surface area contributed by atoms with Crippen LogP contribution in [-0.4, -0.2) is 112 Å². The van der Waals surface area contributed by atoms with Crippen LogP contribution in [0.2, 0.25) is 0 Å². The van der Waals surface area contributed by atoms with Crippen molar-refractivity contribution in [3.63, 3.8) is 0 Å². The topological polar surface area (TPSA) is 209 Å². The third-order valence-corrected chi connectivity index (χ3v) is 14.8. The molecule has 2 unspecified atom stereocenters. The van der Waals surface area contributed by atoms with Crippen LogP contribution in [0.1, 0.15) is 59.8 Å². The molecule has 0 radical (unpaired) electrons. The highest BCUT2D eigenvalue weighted by molar-refractivity contribution is 7.85. The molecule has 16 nitrogen and oxygen atoms in total. The van der Waals surface area contributed by atoms with Gasteiger partial charge in [-0.25, -0.2) is 19.6 Å². The minimum Gasteiger partial charge on any atom is -0.453 e. The number of likely N-dealkylation sites (tertiary alicyclic amines) is 2. The van der Waals surface area contributed by atoms with Crippen molar-refractivity contribution in [2.24, 2.45) is 0 Å². The zero-order valence-electron chi connectivity index (χ0n) is 36.7. The summed E-state index contributed by atoms with van der Waals surface area (Å²) < 4.78 is 35.1. The molecule has 0 saturated carbocycles. The van der Waals surface area contributed by atoms with Crippen LogP contribution >= 0.6 is 0 Å². The van der Waals surface area contributed by atoms with Crippen molar-refractivity contribution >= 4 is 45.6 Å². The molecule has 2 aromatic heterocycles. The van der Waals surface area contributed by atoms with E-state index >= 15 is 0 Å². The fourth-order valence-corrected chi connectivity index (χ4v) is 10.3. The summed E-state index contributed by atoms with van der Waals surface area (Å²) in [5.74, 6) is 0.394. The SMILES string of the molecule is COC(=O)N[C@H](C(=O)N1C[C@@H](S(C)=O)C[C@H]1c1ncc(-c2ccc(-c3ccc(-c4cnc([C@@H]5C[C@H](S(C)=O)CN5C(=O)[C@@H](NC(=O)OC)c5ccccc5)[nH]4)cc3)cc2)[nH]1)c1ccccc1. The maximum absolute atomic E-state index is 14.2. The van der Waals surface area contributed by atoms with E-state index in [1.807, 2.05) is 60.7 Å². The van der Waals surface area contributed by atoms with E-state index in [-0.39, 0.29) is 35.4 Å². The maximum Gasteiger partial charge on any atom is 0.407 e. The summed E-state index contributed by atoms with van der Waals surface area (Å²) in [4.78, 5) is 72.6. The smallest absolute Gasteiger partial charge is 0.407 e. The molecule has 2 aliphatic rings. The normalized spacial score (nSPS) is 19.9. The monoisotopic (exact) mass is 930 g/mol. The van der Waals surface area contributed by atoms with Crippen molar-refractivity contribution in [3.8, 4) is 33.6 Å². The lowest BCUT2D eigenvalue weighted by Gasteiger charge is -2.28. The molecule has 342 valence electrons. The predicted molar refractivity (Wildman–Crippen MR) is 250 cm³/mol. The van der Waals surface area contributed by atoms with E-state index in [0.29, 0.717) is 35.6 Å². The van der Waals surface area contributed by atoms with Gasteiger partial charge in [0.1, 0.15) is 23.7 Å². The van der Waals surface area contributed by atoms with Crippen molar-refractivity contribution in [2.75, 3.05) is 39.8 Å². The van der Waals surface area contributed by atoms with Crippen LogP contribution in [0.4, 0.5) is 9.59 Å². The Morgan fingerprint density at radius 3 is 1.26 bits per heavy atom. The molecule has 0 bridgehead atoms. The standard InChI is InChI=1S/C48H50N8O8S2/c1-63-47(59)53-41(33-11-7-5-8-12-33)45(57)55-27-35(65(3)61)23-39(55)43-49-25-37(51-43)31-19-15-29(16-20-31)30-17-21-32(22-18-30)38-26-50-44(52-38)40-24-36(66(4)62)28-56(40)46(58)42(54-48(60)64-2)34-13-9-6-10-14-34/h5-22,25-26,35-36,39-42H,23-24,27-28H2,1-4H3,(H,49,51)(H,50,52)(H,53,59)(H,54,60)/t35-,36-,39-,40-,41-,42-,65?,66?/m0/s1. The largest absolute Gasteiger partial charge is 0.453 e. The molecule has 2 fully saturated rings. The molecule has 0 aliphatic carbocycles. The van der Waals surface area contributed by atoms with Crippen molar-refractivity contribution in [2.45, 2.75) is 47.5 Å². The summed E-state index contributed by atoms with van der Waals surface area (Å²) in [5, 5.41) is 4.78. The Morgan fingerprint density at radius 1 is 0.576 bits per heavy atom. The predicted octanol–water partition coefficient (Wildman–Crippen LogP) is 6.37. The molecule has 2 saturated heterocycles. The number of aromatic nitrogens is 4. The molecule has 4 aromatic carbocycles. The first-order chi connectivity index (χ1) is 31.9. The van der Waals surface area contributed by atoms with E-state index in [1.54, 1.807) is 83.2 Å². The lowest BCUT2D eigenvalue weighted by Crippen LogP contribution is -2.43. The van der Waals surface area contributed by atoms with Gasteiger partial charge in [0, 0.05) is 47.2 Å². The number of ether oxygens (including phenoxy) is 2. The second-order valence-corrected chi connectivity index (χ2v) is 19.5. The van der Waals surface area contributed by atoms with Crippen LogP contribution in [0.3, 0.4) is 0 Å². The number of carbonyl (C=O) groups excluding carboxylic acids is 4. The van der Waals surface area contributed by atoms with Gasteiger partial charge >= 0.3 is 12.2 Å². The first-order valence-corrected chi connectivity index (χ1v) is 24.5. The van der Waals surface area contributed by atoms with E-state index in [2.05, 4.69) is 20.6 Å². The summed E-state index contributed by atoms with van der Waals surface area (Å²) in [5.41, 5.74) is 6.40. The molecule has 4 N–H and O–H groups in total. The molecule has 6 aromatic rings. The third kappa shape index (κ3) is 9.84. The van der Waals surface area contributed by atoms with Crippen molar-refractivity contribution in [3.05, 3.63) is 144 Å². The molecule has 2 aliphatic heterocycles. The number of imidazole rings is 2. The van der Waals surface area contributed by atoms with Crippen molar-refractivity contribution < 1.29 is 37.1 Å². The van der Waals surface area contributed by atoms with Gasteiger partial charge in [0.15, 0.2) is 0 Å². The number of aromatic amines is 2. The van der Waals surface area contributed by atoms with Gasteiger partial charge in [-0.3, -0.25) is 18.0 Å². The molecule has 4 heterocycles. The molecule has 66 heavy (non-hydrogen) atoms. The van der Waals surface area contributed by atoms with Gasteiger partial charge in [-0.2, -0.15) is 0 Å². The average molecular weight is 931 g/mol. The maximum atomic E-state index is 14.2. The van der Waals surface area contributed by atoms with Crippen LogP contribution in [-0.2, 0) is 40.7 Å². The zero-order valence-corrected chi connectivity index (χ0v) is 38.3. The number of nitrogens with one attached hydrogen (secondary N) is 4. The van der Waals surface area contributed by atoms with Gasteiger partial charge in [-0.1, -0.05) is 109 Å². The Morgan fingerprint density at radius 2 is 0.924 bits per heavy atom. The van der Waals surface area contributed by atoms with Crippen LogP contribution < -0.4 is 10.6 Å². The number of methoxy groups -OCH3 is 2. The molecule has 8 rings (SSSR count). The first-order valence-electron chi connectivity index (χ1n) is 21.3. The Kier molecular flexibility index (Phi) is 13.9.